The van der Waals surface area contributed by atoms with Crippen molar-refractivity contribution >= 4 is 29.7 Å². The minimum absolute atomic E-state index is 0.0614. The highest BCUT2D eigenvalue weighted by Gasteiger charge is 2.42. The maximum Gasteiger partial charge on any atom is 0.413 e. The van der Waals surface area contributed by atoms with Crippen molar-refractivity contribution in [2.75, 3.05) is 13.1 Å². The van der Waals surface area contributed by atoms with Crippen molar-refractivity contribution < 1.29 is 28.7 Å². The van der Waals surface area contributed by atoms with Crippen LogP contribution in [-0.2, 0) is 50.0 Å². The van der Waals surface area contributed by atoms with Gasteiger partial charge in [0.25, 0.3) is 0 Å². The number of amides is 3. The van der Waals surface area contributed by atoms with Crippen molar-refractivity contribution in [1.82, 2.24) is 20.9 Å². The molecule has 0 spiro atoms. The summed E-state index contributed by atoms with van der Waals surface area (Å²) >= 11 is 0. The molecule has 3 atom stereocenters. The van der Waals surface area contributed by atoms with E-state index < -0.39 is 24.1 Å². The van der Waals surface area contributed by atoms with Crippen LogP contribution in [0, 0.1) is 5.41 Å². The van der Waals surface area contributed by atoms with E-state index in [4.69, 9.17) is 14.9 Å². The Bertz CT molecular complexity index is 2080. The molecular weight excluding hydrogens is 719 g/mol. The molecule has 1 aliphatic rings. The molecule has 6 rings (SSSR count). The molecule has 292 valence electrons. The van der Waals surface area contributed by atoms with Crippen LogP contribution in [0.2, 0.25) is 0 Å². The number of amidine groups is 1. The maximum atomic E-state index is 14.5. The minimum Gasteiger partial charge on any atom is -0.460 e. The van der Waals surface area contributed by atoms with Gasteiger partial charge in [0, 0.05) is 24.6 Å². The van der Waals surface area contributed by atoms with Crippen molar-refractivity contribution in [3.63, 3.8) is 0 Å². The molecule has 0 saturated carbocycles. The second kappa shape index (κ2) is 20.4. The zero-order chi connectivity index (χ0) is 39.8. The number of hydrogen-bond acceptors (Lipinski definition) is 8. The first kappa shape index (κ1) is 40.1. The van der Waals surface area contributed by atoms with Crippen LogP contribution >= 0.6 is 0 Å². The molecule has 0 bridgehead atoms. The molecule has 0 unspecified atom stereocenters. The van der Waals surface area contributed by atoms with Gasteiger partial charge in [-0.05, 0) is 47.1 Å². The Kier molecular flexibility index (Phi) is 14.3. The third kappa shape index (κ3) is 11.9. The van der Waals surface area contributed by atoms with E-state index in [2.05, 4.69) is 16.0 Å². The Labute approximate surface area is 332 Å². The Morgan fingerprint density at radius 3 is 1.86 bits per heavy atom. The van der Waals surface area contributed by atoms with Gasteiger partial charge in [-0.2, -0.15) is 0 Å². The van der Waals surface area contributed by atoms with Crippen molar-refractivity contribution in [2.45, 2.75) is 57.0 Å². The summed E-state index contributed by atoms with van der Waals surface area (Å²) in [6.07, 6.45) is 0.712. The Hall–Kier alpha value is -6.59. The molecule has 0 radical (unpaired) electrons. The van der Waals surface area contributed by atoms with E-state index in [1.54, 1.807) is 29.2 Å². The van der Waals surface area contributed by atoms with E-state index in [0.29, 0.717) is 31.4 Å². The van der Waals surface area contributed by atoms with Crippen molar-refractivity contribution in [3.05, 3.63) is 179 Å². The van der Waals surface area contributed by atoms with Crippen LogP contribution in [0.1, 0.15) is 52.1 Å². The quantitative estimate of drug-likeness (QED) is 0.0526. The molecule has 57 heavy (non-hydrogen) atoms. The molecular formula is C46H47N5O6. The molecule has 1 heterocycles. The first-order chi connectivity index (χ1) is 27.8. The third-order valence-electron chi connectivity index (χ3n) is 9.91. The summed E-state index contributed by atoms with van der Waals surface area (Å²) < 4.78 is 10.7. The molecule has 11 nitrogen and oxygen atoms in total. The number of aryl methyl sites for hydroxylation is 1. The molecule has 1 aliphatic heterocycles. The second-order valence-electron chi connectivity index (χ2n) is 13.9. The van der Waals surface area contributed by atoms with Gasteiger partial charge in [0.1, 0.15) is 25.1 Å². The van der Waals surface area contributed by atoms with Gasteiger partial charge in [-0.15, -0.1) is 0 Å². The van der Waals surface area contributed by atoms with Crippen LogP contribution in [-0.4, -0.2) is 59.8 Å². The van der Waals surface area contributed by atoms with Gasteiger partial charge in [0.05, 0.1) is 12.6 Å². The zero-order valence-corrected chi connectivity index (χ0v) is 31.6. The smallest absolute Gasteiger partial charge is 0.413 e. The Morgan fingerprint density at radius 1 is 0.684 bits per heavy atom. The van der Waals surface area contributed by atoms with Crippen LogP contribution < -0.4 is 16.0 Å². The molecule has 5 aromatic carbocycles. The number of benzene rings is 5. The molecule has 0 aliphatic carbocycles. The van der Waals surface area contributed by atoms with E-state index in [0.717, 1.165) is 27.8 Å². The fourth-order valence-corrected chi connectivity index (χ4v) is 6.79. The summed E-state index contributed by atoms with van der Waals surface area (Å²) in [5, 5.41) is 17.0. The number of likely N-dealkylation sites (tertiary alicyclic amines) is 1. The van der Waals surface area contributed by atoms with Crippen molar-refractivity contribution in [1.29, 1.82) is 5.41 Å². The highest BCUT2D eigenvalue weighted by Crippen LogP contribution is 2.33. The maximum absolute atomic E-state index is 14.5. The van der Waals surface area contributed by atoms with Crippen LogP contribution in [0.3, 0.4) is 0 Å². The fourth-order valence-electron chi connectivity index (χ4n) is 6.79. The average molecular weight is 766 g/mol. The number of esters is 1. The summed E-state index contributed by atoms with van der Waals surface area (Å²) in [6.45, 7) is 0.589. The Morgan fingerprint density at radius 2 is 1.25 bits per heavy atom. The normalized spacial score (nSPS) is 15.3. The minimum atomic E-state index is -0.744. The lowest BCUT2D eigenvalue weighted by Crippen LogP contribution is -2.53. The Balaban J connectivity index is 1.09. The lowest BCUT2D eigenvalue weighted by Gasteiger charge is -2.29. The van der Waals surface area contributed by atoms with Crippen LogP contribution in [0.4, 0.5) is 4.79 Å². The van der Waals surface area contributed by atoms with Crippen LogP contribution in [0.25, 0.3) is 0 Å². The van der Waals surface area contributed by atoms with Gasteiger partial charge in [-0.25, -0.2) is 4.79 Å². The van der Waals surface area contributed by atoms with Crippen molar-refractivity contribution in [3.8, 4) is 0 Å². The van der Waals surface area contributed by atoms with Gasteiger partial charge in [0.15, 0.2) is 0 Å². The summed E-state index contributed by atoms with van der Waals surface area (Å²) in [7, 11) is 0. The van der Waals surface area contributed by atoms with Crippen LogP contribution in [0.5, 0.6) is 0 Å². The van der Waals surface area contributed by atoms with E-state index in [9.17, 15) is 19.2 Å². The largest absolute Gasteiger partial charge is 0.460 e. The number of nitrogens with zero attached hydrogens (tertiary/aromatic N) is 1. The summed E-state index contributed by atoms with van der Waals surface area (Å²) in [5.74, 6) is -1.19. The number of hydrogen-bond donors (Lipinski definition) is 4. The number of carbonyl (C=O) groups is 4. The zero-order valence-electron chi connectivity index (χ0n) is 31.6. The van der Waals surface area contributed by atoms with Gasteiger partial charge in [-0.3, -0.25) is 30.4 Å². The van der Waals surface area contributed by atoms with Gasteiger partial charge < -0.3 is 19.7 Å². The summed E-state index contributed by atoms with van der Waals surface area (Å²) in [5.41, 5.74) is 5.05. The predicted molar refractivity (Wildman–Crippen MR) is 217 cm³/mol. The van der Waals surface area contributed by atoms with Gasteiger partial charge >= 0.3 is 12.1 Å². The number of carbonyl (C=O) groups excluding carboxylic acids is 4. The molecule has 4 N–H and O–H groups in total. The summed E-state index contributed by atoms with van der Waals surface area (Å²) in [4.78, 5) is 55.2. The first-order valence-electron chi connectivity index (χ1n) is 19.1. The molecule has 5 aromatic rings. The first-order valence-corrected chi connectivity index (χ1v) is 19.1. The van der Waals surface area contributed by atoms with E-state index in [-0.39, 0.29) is 49.9 Å². The highest BCUT2D eigenvalue weighted by molar-refractivity contribution is 6.04. The van der Waals surface area contributed by atoms with Gasteiger partial charge in [-0.1, -0.05) is 146 Å². The SMILES string of the molecule is N=C(NC(=O)OCc1ccccc1)c1ccc(CNC(=O)[C@@H]2C[C@H](c3ccccc3)CN2C(=O)[C@@H](CCc2ccccc2)NCC(=O)OCc2ccccc2)cc1. The van der Waals surface area contributed by atoms with E-state index in [1.165, 1.54) is 0 Å². The standard InChI is InChI=1S/C46H47N5O6/c47-43(50-46(55)57-32-36-17-9-3-10-18-36)38-24-21-34(22-25-38)28-49-44(53)41-27-39(37-19-11-4-12-20-37)30-51(41)45(54)40(26-23-33-13-5-1-6-14-33)48-29-42(52)56-31-35-15-7-2-8-16-35/h1-22,24-25,39-41,48H,23,26-32H2,(H,49,53)(H2,47,50,55)/t39-,40+,41-/m0/s1. The molecule has 1 fully saturated rings. The lowest BCUT2D eigenvalue weighted by atomic mass is 9.96. The molecule has 0 aromatic heterocycles. The van der Waals surface area contributed by atoms with Crippen molar-refractivity contribution in [2.24, 2.45) is 0 Å². The fraction of sp³-hybridized carbons (Fsp3) is 0.239. The third-order valence-corrected chi connectivity index (χ3v) is 9.91. The average Bonchev–Trinajstić information content (AvgIpc) is 3.71. The van der Waals surface area contributed by atoms with Crippen LogP contribution in [0.15, 0.2) is 146 Å². The second-order valence-corrected chi connectivity index (χ2v) is 13.9. The molecule has 3 amide bonds. The van der Waals surface area contributed by atoms with E-state index in [1.807, 2.05) is 121 Å². The molecule has 1 saturated heterocycles. The lowest BCUT2D eigenvalue weighted by molar-refractivity contribution is -0.145. The monoisotopic (exact) mass is 765 g/mol. The number of ether oxygens (including phenoxy) is 2. The number of nitrogens with one attached hydrogen (secondary N) is 4. The predicted octanol–water partition coefficient (Wildman–Crippen LogP) is 6.27. The summed E-state index contributed by atoms with van der Waals surface area (Å²) in [6, 6.07) is 43.8. The van der Waals surface area contributed by atoms with Gasteiger partial charge in [0.2, 0.25) is 11.8 Å². The number of alkyl carbamates (subject to hydrolysis) is 1. The topological polar surface area (TPSA) is 150 Å². The number of rotatable bonds is 16. The highest BCUT2D eigenvalue weighted by atomic mass is 16.5. The molecule has 11 heteroatoms. The van der Waals surface area contributed by atoms with E-state index >= 15 is 0 Å².